The molecule has 248 valence electrons. The quantitative estimate of drug-likeness (QED) is 0.0597. The van der Waals surface area contributed by atoms with Crippen LogP contribution in [0.25, 0.3) is 0 Å². The van der Waals surface area contributed by atoms with Crippen LogP contribution in [0.1, 0.15) is 11.4 Å². The summed E-state index contributed by atoms with van der Waals surface area (Å²) >= 11 is 2.34. The molecule has 14 nitrogen and oxygen atoms in total. The van der Waals surface area contributed by atoms with Crippen LogP contribution in [-0.4, -0.2) is 118 Å². The van der Waals surface area contributed by atoms with Gasteiger partial charge in [-0.05, 0) is 29.3 Å². The Balaban J connectivity index is 0.00000480. The molecule has 2 unspecified atom stereocenters. The Morgan fingerprint density at radius 3 is 2.50 bits per heavy atom. The van der Waals surface area contributed by atoms with Crippen LogP contribution < -0.4 is 39.8 Å². The van der Waals surface area contributed by atoms with Crippen molar-refractivity contribution >= 4 is 51.8 Å². The normalized spacial score (nSPS) is 27.5. The number of anilines is 1. The molecule has 2 fully saturated rings. The molecule has 1 saturated carbocycles. The number of fused-ring (bicyclic) bond motifs is 1. The molecular weight excluding hydrogens is 751 g/mol. The number of nitrogens with two attached hydrogens (primary N) is 1. The standard InChI is InChI=1S/C29H34N6O8S2.HI/c1-35(11-18(36)19(37)12-35)10-4-5-16-14-44-25-21(20(16)28(40)43-13-15-6-8-17(41-2)9-7-15)24(38)22(25)31-27(39)23(33-42-3)26-32-29(30)45-34-26;/h4-9,18-19,21-22,25,36-37H,10-14H2,1-3H3,(H2-,30,31,32,34,39);1H/b5-4+,33-23-;/t18-,19+,21?,22-,25+,35?;/m1./s1. The van der Waals surface area contributed by atoms with Crippen LogP contribution in [0.15, 0.2) is 52.7 Å². The number of likely N-dealkylation sites (tertiary alicyclic amines) is 1. The number of hydrogen-bond donors (Lipinski definition) is 4. The number of oxime groups is 1. The van der Waals surface area contributed by atoms with Gasteiger partial charge in [0.15, 0.2) is 10.9 Å². The number of aliphatic hydroxyl groups excluding tert-OH is 2. The minimum atomic E-state index is -0.891. The summed E-state index contributed by atoms with van der Waals surface area (Å²) in [5, 5.41) is 26.2. The van der Waals surface area contributed by atoms with Crippen molar-refractivity contribution < 1.29 is 67.4 Å². The van der Waals surface area contributed by atoms with Crippen molar-refractivity contribution in [1.82, 2.24) is 14.7 Å². The topological polar surface area (TPSA) is 196 Å². The molecule has 1 aliphatic carbocycles. The smallest absolute Gasteiger partial charge is 0.335 e. The van der Waals surface area contributed by atoms with E-state index < -0.39 is 41.3 Å². The first-order chi connectivity index (χ1) is 21.5. The summed E-state index contributed by atoms with van der Waals surface area (Å²) in [6.45, 7) is 1.30. The Kier molecular flexibility index (Phi) is 11.8. The number of nitrogen functional groups attached to an aromatic ring is 1. The minimum Gasteiger partial charge on any atom is -1.00 e. The number of nitrogens with zero attached hydrogens (tertiary/aromatic N) is 4. The number of rotatable bonds is 11. The first-order valence-corrected chi connectivity index (χ1v) is 15.9. The van der Waals surface area contributed by atoms with E-state index in [0.29, 0.717) is 41.2 Å². The van der Waals surface area contributed by atoms with Gasteiger partial charge in [0.2, 0.25) is 11.5 Å². The van der Waals surface area contributed by atoms with Gasteiger partial charge in [0, 0.05) is 22.5 Å². The van der Waals surface area contributed by atoms with Gasteiger partial charge in [-0.15, -0.1) is 0 Å². The van der Waals surface area contributed by atoms with Crippen LogP contribution >= 0.6 is 23.3 Å². The zero-order chi connectivity index (χ0) is 32.3. The van der Waals surface area contributed by atoms with Crippen molar-refractivity contribution in [3.63, 3.8) is 0 Å². The van der Waals surface area contributed by atoms with Crippen molar-refractivity contribution in [2.75, 3.05) is 52.4 Å². The maximum atomic E-state index is 13.6. The number of carbonyl (C=O) groups excluding carboxylic acids is 3. The van der Waals surface area contributed by atoms with Crippen LogP contribution in [0.3, 0.4) is 0 Å². The summed E-state index contributed by atoms with van der Waals surface area (Å²) in [6.07, 6.45) is 2.11. The number of aromatic nitrogens is 2. The number of nitrogens with one attached hydrogen (secondary N) is 1. The Hall–Kier alpha value is -3.10. The third kappa shape index (κ3) is 7.71. The predicted octanol–water partition coefficient (Wildman–Crippen LogP) is -2.94. The molecule has 46 heavy (non-hydrogen) atoms. The Morgan fingerprint density at radius 2 is 1.89 bits per heavy atom. The Bertz CT molecular complexity index is 1540. The highest BCUT2D eigenvalue weighted by Gasteiger charge is 2.56. The van der Waals surface area contributed by atoms with Crippen molar-refractivity contribution in [2.45, 2.75) is 30.1 Å². The second kappa shape index (κ2) is 15.2. The molecule has 0 spiro atoms. The molecule has 1 aromatic heterocycles. The van der Waals surface area contributed by atoms with Gasteiger partial charge < -0.3 is 64.0 Å². The molecule has 2 aliphatic heterocycles. The molecule has 5 N–H and O–H groups in total. The maximum absolute atomic E-state index is 13.6. The van der Waals surface area contributed by atoms with Crippen LogP contribution in [0.5, 0.6) is 5.75 Å². The molecular formula is C29H35IN6O8S2. The number of benzene rings is 1. The largest absolute Gasteiger partial charge is 1.00 e. The average Bonchev–Trinajstić information content (AvgIpc) is 3.57. The lowest BCUT2D eigenvalue weighted by Crippen LogP contribution is -3.00. The first kappa shape index (κ1) is 35.7. The summed E-state index contributed by atoms with van der Waals surface area (Å²) in [4.78, 5) is 49.1. The van der Waals surface area contributed by atoms with E-state index in [-0.39, 0.29) is 58.6 Å². The molecule has 3 heterocycles. The highest BCUT2D eigenvalue weighted by Crippen LogP contribution is 2.46. The van der Waals surface area contributed by atoms with Crippen molar-refractivity contribution in [3.8, 4) is 5.75 Å². The minimum absolute atomic E-state index is 0. The van der Waals surface area contributed by atoms with Crippen LogP contribution in [0.4, 0.5) is 5.13 Å². The van der Waals surface area contributed by atoms with Crippen molar-refractivity contribution in [2.24, 2.45) is 11.1 Å². The molecule has 1 aromatic carbocycles. The summed E-state index contributed by atoms with van der Waals surface area (Å²) in [5.74, 6) is -1.43. The third-order valence-electron chi connectivity index (χ3n) is 8.01. The lowest BCUT2D eigenvalue weighted by Gasteiger charge is -2.46. The number of Topliss-reactive ketones (excluding diaryl/α,β-unsaturated/α-hetero) is 1. The van der Waals surface area contributed by atoms with Gasteiger partial charge in [-0.3, -0.25) is 9.59 Å². The number of carbonyl (C=O) groups is 3. The molecule has 17 heteroatoms. The summed E-state index contributed by atoms with van der Waals surface area (Å²) in [6, 6.07) is 6.21. The van der Waals surface area contributed by atoms with E-state index in [4.69, 9.17) is 20.0 Å². The van der Waals surface area contributed by atoms with Gasteiger partial charge in [0.05, 0.1) is 32.2 Å². The van der Waals surface area contributed by atoms with Gasteiger partial charge in [-0.2, -0.15) is 21.1 Å². The number of methoxy groups -OCH3 is 1. The number of allylic oxidation sites excluding steroid dienone is 1. The Morgan fingerprint density at radius 1 is 1.20 bits per heavy atom. The number of ether oxygens (including phenoxy) is 2. The second-order valence-corrected chi connectivity index (χ2v) is 13.2. The molecule has 5 rings (SSSR count). The van der Waals surface area contributed by atoms with E-state index in [0.717, 1.165) is 17.1 Å². The highest BCUT2D eigenvalue weighted by molar-refractivity contribution is 8.00. The highest BCUT2D eigenvalue weighted by atomic mass is 127. The third-order valence-corrected chi connectivity index (χ3v) is 9.96. The van der Waals surface area contributed by atoms with Crippen molar-refractivity contribution in [1.29, 1.82) is 0 Å². The number of thioether (sulfide) groups is 1. The zero-order valence-electron chi connectivity index (χ0n) is 25.3. The van der Waals surface area contributed by atoms with E-state index in [2.05, 4.69) is 19.8 Å². The van der Waals surface area contributed by atoms with E-state index in [1.54, 1.807) is 31.4 Å². The van der Waals surface area contributed by atoms with E-state index >= 15 is 0 Å². The number of hydrogen-bond acceptors (Lipinski definition) is 14. The molecule has 1 amide bonds. The van der Waals surface area contributed by atoms with Gasteiger partial charge in [-0.1, -0.05) is 23.4 Å². The van der Waals surface area contributed by atoms with Gasteiger partial charge in [0.25, 0.3) is 5.91 Å². The van der Waals surface area contributed by atoms with Crippen LogP contribution in [0, 0.1) is 5.92 Å². The number of ketones is 1. The fraction of sp³-hybridized carbons (Fsp3) is 0.448. The molecule has 1 saturated heterocycles. The second-order valence-electron chi connectivity index (χ2n) is 11.3. The number of aliphatic hydroxyl groups is 2. The SMILES string of the molecule is CO/N=C(\C(=O)N[C@@H]1C(=O)C2C(C(=O)OCc3ccc(OC)cc3)=C(/C=C/C[N+]3(C)C[C@@H](O)[C@@H](O)C3)CS[C@@H]21)c1nsc(N)n1.[I-]. The maximum Gasteiger partial charge on any atom is 0.335 e. The molecule has 0 radical (unpaired) electrons. The molecule has 3 aliphatic rings. The average molecular weight is 787 g/mol. The first-order valence-electron chi connectivity index (χ1n) is 14.1. The van der Waals surface area contributed by atoms with Crippen LogP contribution in [0.2, 0.25) is 0 Å². The van der Waals surface area contributed by atoms with Crippen molar-refractivity contribution in [3.05, 3.63) is 59.0 Å². The lowest BCUT2D eigenvalue weighted by atomic mass is 9.71. The molecule has 0 bridgehead atoms. The number of likely N-dealkylation sites (N-methyl/N-ethyl adjacent to an activating group) is 1. The fourth-order valence-electron chi connectivity index (χ4n) is 5.69. The number of quaternary nitrogens is 1. The van der Waals surface area contributed by atoms with E-state index in [9.17, 15) is 24.6 Å². The number of halogens is 1. The fourth-order valence-corrected chi connectivity index (χ4v) is 7.60. The monoisotopic (exact) mass is 786 g/mol. The molecule has 6 atom stereocenters. The van der Waals surface area contributed by atoms with Crippen LogP contribution in [-0.2, 0) is 30.6 Å². The summed E-state index contributed by atoms with van der Waals surface area (Å²) < 4.78 is 15.3. The molecule has 2 aromatic rings. The van der Waals surface area contributed by atoms with Gasteiger partial charge in [-0.25, -0.2) is 4.79 Å². The van der Waals surface area contributed by atoms with E-state index in [1.807, 2.05) is 19.2 Å². The lowest BCUT2D eigenvalue weighted by molar-refractivity contribution is -0.894. The van der Waals surface area contributed by atoms with Gasteiger partial charge in [0.1, 0.15) is 50.8 Å². The zero-order valence-corrected chi connectivity index (χ0v) is 29.1. The van der Waals surface area contributed by atoms with E-state index in [1.165, 1.54) is 18.9 Å². The Labute approximate surface area is 290 Å². The predicted molar refractivity (Wildman–Crippen MR) is 166 cm³/mol. The number of esters is 1. The number of amides is 1. The summed E-state index contributed by atoms with van der Waals surface area (Å²) in [7, 11) is 4.77. The summed E-state index contributed by atoms with van der Waals surface area (Å²) in [5.41, 5.74) is 7.08. The van der Waals surface area contributed by atoms with Gasteiger partial charge >= 0.3 is 5.97 Å².